The van der Waals surface area contributed by atoms with Crippen LogP contribution in [0.5, 0.6) is 0 Å². The zero-order valence-electron chi connectivity index (χ0n) is 13.7. The van der Waals surface area contributed by atoms with Gasteiger partial charge >= 0.3 is 0 Å². The lowest BCUT2D eigenvalue weighted by atomic mass is 9.74. The van der Waals surface area contributed by atoms with Crippen molar-refractivity contribution >= 4 is 0 Å². The molecule has 3 nitrogen and oxygen atoms in total. The minimum Gasteiger partial charge on any atom is -0.381 e. The number of ether oxygens (including phenoxy) is 2. The Kier molecular flexibility index (Phi) is 5.58. The first-order valence-electron chi connectivity index (χ1n) is 9.20. The molecular weight excluding hydrogens is 262 g/mol. The lowest BCUT2D eigenvalue weighted by molar-refractivity contribution is -0.150. The molecule has 0 aromatic carbocycles. The van der Waals surface area contributed by atoms with Crippen LogP contribution in [0.15, 0.2) is 0 Å². The maximum absolute atomic E-state index is 6.21. The minimum absolute atomic E-state index is 0.142. The van der Waals surface area contributed by atoms with Crippen LogP contribution in [-0.2, 0) is 9.47 Å². The molecule has 0 bridgehead atoms. The van der Waals surface area contributed by atoms with E-state index in [0.717, 1.165) is 44.5 Å². The standard InChI is InChI=1S/C18H33NO2/c1-19-17(13-15-5-3-2-4-6-15)16-7-10-21-18(14-16)8-11-20-12-9-18/h15-17,19H,2-14H2,1H3. The van der Waals surface area contributed by atoms with Gasteiger partial charge in [0.15, 0.2) is 0 Å². The fraction of sp³-hybridized carbons (Fsp3) is 1.00. The molecule has 0 radical (unpaired) electrons. The van der Waals surface area contributed by atoms with Gasteiger partial charge in [0, 0.05) is 25.9 Å². The van der Waals surface area contributed by atoms with E-state index in [4.69, 9.17) is 9.47 Å². The normalized spacial score (nSPS) is 32.1. The van der Waals surface area contributed by atoms with Crippen molar-refractivity contribution in [3.05, 3.63) is 0 Å². The van der Waals surface area contributed by atoms with Crippen molar-refractivity contribution in [3.8, 4) is 0 Å². The average Bonchev–Trinajstić information content (AvgIpc) is 2.54. The highest BCUT2D eigenvalue weighted by molar-refractivity contribution is 4.93. The van der Waals surface area contributed by atoms with Gasteiger partial charge in [0.25, 0.3) is 0 Å². The van der Waals surface area contributed by atoms with Crippen molar-refractivity contribution < 1.29 is 9.47 Å². The smallest absolute Gasteiger partial charge is 0.0729 e. The first kappa shape index (κ1) is 15.8. The van der Waals surface area contributed by atoms with Crippen LogP contribution in [0.25, 0.3) is 0 Å². The number of hydrogen-bond donors (Lipinski definition) is 1. The summed E-state index contributed by atoms with van der Waals surface area (Å²) in [5.41, 5.74) is 0.142. The summed E-state index contributed by atoms with van der Waals surface area (Å²) >= 11 is 0. The molecule has 2 saturated heterocycles. The minimum atomic E-state index is 0.142. The van der Waals surface area contributed by atoms with Crippen molar-refractivity contribution in [3.63, 3.8) is 0 Å². The fourth-order valence-electron chi connectivity index (χ4n) is 4.83. The van der Waals surface area contributed by atoms with Crippen molar-refractivity contribution in [2.45, 2.75) is 75.9 Å². The van der Waals surface area contributed by atoms with E-state index in [-0.39, 0.29) is 5.60 Å². The van der Waals surface area contributed by atoms with E-state index in [2.05, 4.69) is 12.4 Å². The van der Waals surface area contributed by atoms with Crippen molar-refractivity contribution in [2.24, 2.45) is 11.8 Å². The Balaban J connectivity index is 1.57. The van der Waals surface area contributed by atoms with E-state index >= 15 is 0 Å². The van der Waals surface area contributed by atoms with E-state index in [1.165, 1.54) is 51.4 Å². The third-order valence-electron chi connectivity index (χ3n) is 6.19. The van der Waals surface area contributed by atoms with Gasteiger partial charge in [-0.15, -0.1) is 0 Å². The molecule has 2 unspecified atom stereocenters. The highest BCUT2D eigenvalue weighted by Gasteiger charge is 2.41. The lowest BCUT2D eigenvalue weighted by Crippen LogP contribution is -2.49. The largest absolute Gasteiger partial charge is 0.381 e. The second-order valence-electron chi connectivity index (χ2n) is 7.53. The highest BCUT2D eigenvalue weighted by Crippen LogP contribution is 2.40. The van der Waals surface area contributed by atoms with Crippen LogP contribution >= 0.6 is 0 Å². The van der Waals surface area contributed by atoms with Crippen molar-refractivity contribution in [1.82, 2.24) is 5.32 Å². The summed E-state index contributed by atoms with van der Waals surface area (Å²) in [5.74, 6) is 1.76. The molecule has 0 amide bonds. The Morgan fingerprint density at radius 3 is 2.52 bits per heavy atom. The zero-order valence-corrected chi connectivity index (χ0v) is 13.7. The van der Waals surface area contributed by atoms with Gasteiger partial charge in [0.05, 0.1) is 5.60 Å². The van der Waals surface area contributed by atoms with Gasteiger partial charge in [0.1, 0.15) is 0 Å². The van der Waals surface area contributed by atoms with E-state index in [0.29, 0.717) is 6.04 Å². The molecule has 1 spiro atoms. The Morgan fingerprint density at radius 2 is 1.81 bits per heavy atom. The first-order chi connectivity index (χ1) is 10.3. The molecule has 0 aromatic rings. The molecule has 1 aliphatic carbocycles. The molecule has 1 N–H and O–H groups in total. The Labute approximate surface area is 130 Å². The monoisotopic (exact) mass is 295 g/mol. The second kappa shape index (κ2) is 7.43. The summed E-state index contributed by atoms with van der Waals surface area (Å²) in [5, 5.41) is 3.65. The highest BCUT2D eigenvalue weighted by atomic mass is 16.5. The number of nitrogens with one attached hydrogen (secondary N) is 1. The van der Waals surface area contributed by atoms with Gasteiger partial charge in [-0.3, -0.25) is 0 Å². The van der Waals surface area contributed by atoms with Gasteiger partial charge in [0.2, 0.25) is 0 Å². The fourth-order valence-corrected chi connectivity index (χ4v) is 4.83. The second-order valence-corrected chi connectivity index (χ2v) is 7.53. The van der Waals surface area contributed by atoms with Crippen LogP contribution < -0.4 is 5.32 Å². The van der Waals surface area contributed by atoms with Gasteiger partial charge in [-0.2, -0.15) is 0 Å². The maximum atomic E-state index is 6.21. The Hall–Kier alpha value is -0.120. The molecule has 1 saturated carbocycles. The van der Waals surface area contributed by atoms with Crippen LogP contribution in [0, 0.1) is 11.8 Å². The van der Waals surface area contributed by atoms with Crippen LogP contribution in [0.3, 0.4) is 0 Å². The third-order valence-corrected chi connectivity index (χ3v) is 6.19. The number of rotatable bonds is 4. The van der Waals surface area contributed by atoms with E-state index in [9.17, 15) is 0 Å². The quantitative estimate of drug-likeness (QED) is 0.861. The molecule has 2 aliphatic heterocycles. The topological polar surface area (TPSA) is 30.5 Å². The molecule has 122 valence electrons. The molecule has 3 heteroatoms. The van der Waals surface area contributed by atoms with E-state index in [1.54, 1.807) is 0 Å². The van der Waals surface area contributed by atoms with E-state index in [1.807, 2.05) is 0 Å². The van der Waals surface area contributed by atoms with Gasteiger partial charge in [-0.25, -0.2) is 0 Å². The van der Waals surface area contributed by atoms with Crippen molar-refractivity contribution in [1.29, 1.82) is 0 Å². The SMILES string of the molecule is CNC(CC1CCCCC1)C1CCOC2(CCOCC2)C1. The summed E-state index contributed by atoms with van der Waals surface area (Å²) in [6, 6.07) is 0.691. The lowest BCUT2D eigenvalue weighted by Gasteiger charge is -2.46. The summed E-state index contributed by atoms with van der Waals surface area (Å²) in [4.78, 5) is 0. The van der Waals surface area contributed by atoms with Crippen molar-refractivity contribution in [2.75, 3.05) is 26.9 Å². The Bertz CT molecular complexity index is 303. The van der Waals surface area contributed by atoms with Crippen LogP contribution in [-0.4, -0.2) is 38.5 Å². The average molecular weight is 295 g/mol. The van der Waals surface area contributed by atoms with E-state index < -0.39 is 0 Å². The van der Waals surface area contributed by atoms with Crippen LogP contribution in [0.2, 0.25) is 0 Å². The molecule has 2 heterocycles. The Morgan fingerprint density at radius 1 is 1.05 bits per heavy atom. The molecule has 0 aromatic heterocycles. The molecular formula is C18H33NO2. The van der Waals surface area contributed by atoms with Crippen LogP contribution in [0.1, 0.15) is 64.2 Å². The van der Waals surface area contributed by atoms with Gasteiger partial charge < -0.3 is 14.8 Å². The molecule has 21 heavy (non-hydrogen) atoms. The predicted molar refractivity (Wildman–Crippen MR) is 85.5 cm³/mol. The molecule has 3 fully saturated rings. The maximum Gasteiger partial charge on any atom is 0.0729 e. The van der Waals surface area contributed by atoms with Gasteiger partial charge in [-0.05, 0) is 51.0 Å². The zero-order chi connectivity index (χ0) is 14.5. The molecule has 3 aliphatic rings. The van der Waals surface area contributed by atoms with Crippen LogP contribution in [0.4, 0.5) is 0 Å². The number of hydrogen-bond acceptors (Lipinski definition) is 3. The summed E-state index contributed by atoms with van der Waals surface area (Å²) in [6.07, 6.45) is 13.4. The molecule has 3 rings (SSSR count). The summed E-state index contributed by atoms with van der Waals surface area (Å²) in [6.45, 7) is 2.73. The molecule has 2 atom stereocenters. The first-order valence-corrected chi connectivity index (χ1v) is 9.20. The third kappa shape index (κ3) is 4.00. The van der Waals surface area contributed by atoms with Gasteiger partial charge in [-0.1, -0.05) is 32.1 Å². The predicted octanol–water partition coefficient (Wildman–Crippen LogP) is 3.52. The summed E-state index contributed by atoms with van der Waals surface area (Å²) < 4.78 is 11.8. The summed E-state index contributed by atoms with van der Waals surface area (Å²) in [7, 11) is 2.17.